The fourth-order valence-corrected chi connectivity index (χ4v) is 4.79. The number of ether oxygens (including phenoxy) is 1. The highest BCUT2D eigenvalue weighted by Crippen LogP contribution is 2.36. The minimum atomic E-state index is -0.770. The number of nitro groups is 1. The number of anilines is 1. The molecule has 2 atom stereocenters. The van der Waals surface area contributed by atoms with Crippen LogP contribution >= 0.6 is 0 Å². The summed E-state index contributed by atoms with van der Waals surface area (Å²) in [4.78, 5) is 16.3. The van der Waals surface area contributed by atoms with Gasteiger partial charge in [0.15, 0.2) is 0 Å². The van der Waals surface area contributed by atoms with E-state index in [4.69, 9.17) is 4.74 Å². The Labute approximate surface area is 175 Å². The molecule has 2 heterocycles. The van der Waals surface area contributed by atoms with Crippen LogP contribution < -0.4 is 9.64 Å². The highest BCUT2D eigenvalue weighted by atomic mass is 16.6. The second-order valence-corrected chi connectivity index (χ2v) is 8.14. The van der Waals surface area contributed by atoms with Crippen molar-refractivity contribution >= 4 is 16.5 Å². The van der Waals surface area contributed by atoms with Gasteiger partial charge in [-0.05, 0) is 35.4 Å². The normalized spacial score (nSPS) is 21.8. The van der Waals surface area contributed by atoms with Gasteiger partial charge in [-0.25, -0.2) is 0 Å². The number of hydrogen-bond donors (Lipinski definition) is 0. The standard InChI is InChI=1S/C24H25N3O3/c1-17-6-2-5-9-21(17)25-12-14-26(15-13-25)24-22(27(28)29)16-20-19-8-4-3-7-18(19)10-11-23(20)30-24/h2-11,22,24H,12-16H2,1H3/t22-,24-/m1/s1. The quantitative estimate of drug-likeness (QED) is 0.491. The predicted octanol–water partition coefficient (Wildman–Crippen LogP) is 3.88. The highest BCUT2D eigenvalue weighted by molar-refractivity contribution is 5.88. The molecular formula is C24H25N3O3. The molecule has 0 radical (unpaired) electrons. The van der Waals surface area contributed by atoms with Gasteiger partial charge in [-0.2, -0.15) is 0 Å². The van der Waals surface area contributed by atoms with E-state index < -0.39 is 12.3 Å². The van der Waals surface area contributed by atoms with Crippen molar-refractivity contribution in [3.8, 4) is 5.75 Å². The smallest absolute Gasteiger partial charge is 0.267 e. The summed E-state index contributed by atoms with van der Waals surface area (Å²) >= 11 is 0. The Morgan fingerprint density at radius 3 is 2.47 bits per heavy atom. The van der Waals surface area contributed by atoms with Crippen LogP contribution in [0, 0.1) is 17.0 Å². The van der Waals surface area contributed by atoms with Crippen LogP contribution in [0.15, 0.2) is 60.7 Å². The fraction of sp³-hybridized carbons (Fsp3) is 0.333. The summed E-state index contributed by atoms with van der Waals surface area (Å²) in [6.07, 6.45) is -0.139. The van der Waals surface area contributed by atoms with E-state index in [2.05, 4.69) is 34.9 Å². The molecule has 0 aliphatic carbocycles. The van der Waals surface area contributed by atoms with Crippen molar-refractivity contribution < 1.29 is 9.66 Å². The van der Waals surface area contributed by atoms with E-state index in [1.807, 2.05) is 42.5 Å². The lowest BCUT2D eigenvalue weighted by Crippen LogP contribution is -2.59. The molecule has 0 amide bonds. The molecule has 1 saturated heterocycles. The molecule has 154 valence electrons. The largest absolute Gasteiger partial charge is 0.467 e. The molecule has 0 aromatic heterocycles. The van der Waals surface area contributed by atoms with Crippen LogP contribution in [0.5, 0.6) is 5.75 Å². The molecule has 2 aliphatic rings. The van der Waals surface area contributed by atoms with Gasteiger partial charge in [0.1, 0.15) is 5.75 Å². The Kier molecular flexibility index (Phi) is 4.79. The SMILES string of the molecule is Cc1ccccc1N1CCN([C@@H]2Oc3ccc4ccccc4c3C[C@H]2[N+](=O)[O-])CC1. The third-order valence-electron chi connectivity index (χ3n) is 6.39. The molecule has 3 aromatic rings. The van der Waals surface area contributed by atoms with Crippen molar-refractivity contribution in [2.24, 2.45) is 0 Å². The van der Waals surface area contributed by atoms with Crippen molar-refractivity contribution in [1.29, 1.82) is 0 Å². The topological polar surface area (TPSA) is 58.8 Å². The van der Waals surface area contributed by atoms with Gasteiger partial charge >= 0.3 is 0 Å². The van der Waals surface area contributed by atoms with Gasteiger partial charge in [0.05, 0.1) is 0 Å². The van der Waals surface area contributed by atoms with Crippen LogP contribution in [-0.4, -0.2) is 48.3 Å². The molecule has 0 N–H and O–H groups in total. The van der Waals surface area contributed by atoms with E-state index in [-0.39, 0.29) is 4.92 Å². The Morgan fingerprint density at radius 1 is 0.967 bits per heavy atom. The first-order valence-corrected chi connectivity index (χ1v) is 10.5. The van der Waals surface area contributed by atoms with Crippen molar-refractivity contribution in [2.75, 3.05) is 31.1 Å². The van der Waals surface area contributed by atoms with Gasteiger partial charge in [0, 0.05) is 48.8 Å². The number of para-hydroxylation sites is 1. The Bertz CT molecular complexity index is 1090. The molecule has 0 bridgehead atoms. The van der Waals surface area contributed by atoms with Gasteiger partial charge < -0.3 is 9.64 Å². The number of benzene rings is 3. The van der Waals surface area contributed by atoms with Gasteiger partial charge in [-0.1, -0.05) is 48.5 Å². The maximum atomic E-state index is 12.0. The summed E-state index contributed by atoms with van der Waals surface area (Å²) in [6.45, 7) is 5.27. The number of fused-ring (bicyclic) bond motifs is 3. The maximum absolute atomic E-state index is 12.0. The fourth-order valence-electron chi connectivity index (χ4n) is 4.79. The van der Waals surface area contributed by atoms with E-state index in [0.717, 1.165) is 48.3 Å². The van der Waals surface area contributed by atoms with Crippen LogP contribution in [0.3, 0.4) is 0 Å². The minimum Gasteiger partial charge on any atom is -0.467 e. The first-order chi connectivity index (χ1) is 14.6. The Balaban J connectivity index is 1.39. The molecule has 1 fully saturated rings. The Morgan fingerprint density at radius 2 is 1.70 bits per heavy atom. The van der Waals surface area contributed by atoms with Crippen LogP contribution in [0.4, 0.5) is 5.69 Å². The Hall–Kier alpha value is -3.12. The zero-order valence-electron chi connectivity index (χ0n) is 17.0. The first-order valence-electron chi connectivity index (χ1n) is 10.5. The van der Waals surface area contributed by atoms with E-state index in [0.29, 0.717) is 6.42 Å². The van der Waals surface area contributed by atoms with Crippen molar-refractivity contribution in [2.45, 2.75) is 25.6 Å². The second-order valence-electron chi connectivity index (χ2n) is 8.14. The minimum absolute atomic E-state index is 0.164. The van der Waals surface area contributed by atoms with Crippen molar-refractivity contribution in [3.05, 3.63) is 81.9 Å². The first kappa shape index (κ1) is 18.9. The molecule has 0 saturated carbocycles. The monoisotopic (exact) mass is 403 g/mol. The predicted molar refractivity (Wildman–Crippen MR) is 118 cm³/mol. The van der Waals surface area contributed by atoms with Gasteiger partial charge in [0.2, 0.25) is 6.23 Å². The molecule has 0 unspecified atom stereocenters. The molecule has 6 heteroatoms. The third-order valence-corrected chi connectivity index (χ3v) is 6.39. The van der Waals surface area contributed by atoms with Gasteiger partial charge in [-0.15, -0.1) is 0 Å². The van der Waals surface area contributed by atoms with E-state index in [1.165, 1.54) is 11.3 Å². The number of nitrogens with zero attached hydrogens (tertiary/aromatic N) is 3. The van der Waals surface area contributed by atoms with E-state index >= 15 is 0 Å². The van der Waals surface area contributed by atoms with Crippen LogP contribution in [0.25, 0.3) is 10.8 Å². The molecule has 3 aromatic carbocycles. The van der Waals surface area contributed by atoms with E-state index in [1.54, 1.807) is 0 Å². The number of rotatable bonds is 3. The number of piperazine rings is 1. The summed E-state index contributed by atoms with van der Waals surface area (Å²) in [5.41, 5.74) is 3.44. The van der Waals surface area contributed by atoms with Crippen LogP contribution in [0.1, 0.15) is 11.1 Å². The second kappa shape index (κ2) is 7.61. The summed E-state index contributed by atoms with van der Waals surface area (Å²) in [5, 5.41) is 14.1. The lowest BCUT2D eigenvalue weighted by molar-refractivity contribution is -0.540. The van der Waals surface area contributed by atoms with Crippen LogP contribution in [0.2, 0.25) is 0 Å². The zero-order valence-corrected chi connectivity index (χ0v) is 17.0. The molecule has 30 heavy (non-hydrogen) atoms. The number of aryl methyl sites for hydroxylation is 1. The molecule has 5 rings (SSSR count). The third kappa shape index (κ3) is 3.27. The maximum Gasteiger partial charge on any atom is 0.267 e. The van der Waals surface area contributed by atoms with Gasteiger partial charge in [-0.3, -0.25) is 15.0 Å². The summed E-state index contributed by atoms with van der Waals surface area (Å²) < 4.78 is 6.28. The summed E-state index contributed by atoms with van der Waals surface area (Å²) in [5.74, 6) is 0.776. The van der Waals surface area contributed by atoms with Gasteiger partial charge in [0.25, 0.3) is 6.04 Å². The van der Waals surface area contributed by atoms with Crippen LogP contribution in [-0.2, 0) is 6.42 Å². The van der Waals surface area contributed by atoms with Crippen molar-refractivity contribution in [1.82, 2.24) is 4.90 Å². The van der Waals surface area contributed by atoms with Crippen molar-refractivity contribution in [3.63, 3.8) is 0 Å². The molecular weight excluding hydrogens is 378 g/mol. The molecule has 0 spiro atoms. The lowest BCUT2D eigenvalue weighted by Gasteiger charge is -2.42. The number of hydrogen-bond acceptors (Lipinski definition) is 5. The lowest BCUT2D eigenvalue weighted by atomic mass is 9.94. The highest BCUT2D eigenvalue weighted by Gasteiger charge is 2.43. The van der Waals surface area contributed by atoms with E-state index in [9.17, 15) is 10.1 Å². The average Bonchev–Trinajstić information content (AvgIpc) is 2.78. The summed E-state index contributed by atoms with van der Waals surface area (Å²) in [6, 6.07) is 19.6. The summed E-state index contributed by atoms with van der Waals surface area (Å²) in [7, 11) is 0. The molecule has 2 aliphatic heterocycles. The average molecular weight is 403 g/mol. The molecule has 6 nitrogen and oxygen atoms in total. The zero-order chi connectivity index (χ0) is 20.7.